The quantitative estimate of drug-likeness (QED) is 0.693. The zero-order chi connectivity index (χ0) is 21.6. The fourth-order valence-corrected chi connectivity index (χ4v) is 6.41. The van der Waals surface area contributed by atoms with Gasteiger partial charge in [0.2, 0.25) is 0 Å². The van der Waals surface area contributed by atoms with E-state index in [0.717, 1.165) is 5.57 Å². The lowest BCUT2D eigenvalue weighted by Gasteiger charge is -2.60. The van der Waals surface area contributed by atoms with Crippen molar-refractivity contribution in [1.82, 2.24) is 0 Å². The van der Waals surface area contributed by atoms with Gasteiger partial charge >= 0.3 is 0 Å². The molecule has 4 rings (SSSR count). The number of fused-ring (bicyclic) bond motifs is 5. The predicted octanol–water partition coefficient (Wildman–Crippen LogP) is 1.78. The maximum Gasteiger partial charge on any atom is 0.190 e. The average molecular weight is 365 g/mol. The van der Waals surface area contributed by atoms with Gasteiger partial charge < -0.3 is 15.3 Å². The molecule has 3 saturated carbocycles. The summed E-state index contributed by atoms with van der Waals surface area (Å²) in [5.41, 5.74) is -3.74. The van der Waals surface area contributed by atoms with Crippen LogP contribution in [0.15, 0.2) is 11.6 Å². The molecule has 0 aromatic rings. The molecule has 4 aliphatic carbocycles. The van der Waals surface area contributed by atoms with E-state index in [9.17, 15) is 26.3 Å². The van der Waals surface area contributed by atoms with E-state index in [1.165, 1.54) is 6.92 Å². The first-order valence-corrected chi connectivity index (χ1v) is 9.61. The zero-order valence-corrected chi connectivity index (χ0v) is 15.4. The van der Waals surface area contributed by atoms with E-state index >= 15 is 0 Å². The maximum absolute atomic E-state index is 12.5. The summed E-state index contributed by atoms with van der Waals surface area (Å²) in [6.45, 7) is 2.46. The molecule has 5 nitrogen and oxygen atoms in total. The van der Waals surface area contributed by atoms with Gasteiger partial charge in [0, 0.05) is 15.9 Å². The second kappa shape index (κ2) is 5.73. The van der Waals surface area contributed by atoms with Gasteiger partial charge in [0.05, 0.1) is 6.10 Å². The van der Waals surface area contributed by atoms with E-state index in [1.807, 2.05) is 6.92 Å². The van der Waals surface area contributed by atoms with Gasteiger partial charge in [-0.25, -0.2) is 0 Å². The Balaban J connectivity index is 1.91. The summed E-state index contributed by atoms with van der Waals surface area (Å²) >= 11 is 0. The first-order valence-electron chi connectivity index (χ1n) is 11.1. The van der Waals surface area contributed by atoms with Crippen molar-refractivity contribution in [1.29, 1.82) is 0 Å². The van der Waals surface area contributed by atoms with Crippen LogP contribution in [0.4, 0.5) is 0 Å². The topological polar surface area (TPSA) is 94.8 Å². The highest BCUT2D eigenvalue weighted by Gasteiger charge is 2.68. The Morgan fingerprint density at radius 3 is 2.77 bits per heavy atom. The van der Waals surface area contributed by atoms with Gasteiger partial charge in [0.1, 0.15) is 12.2 Å². The normalized spacial score (nSPS) is 57.0. The van der Waals surface area contributed by atoms with Crippen LogP contribution in [0.2, 0.25) is 0 Å². The van der Waals surface area contributed by atoms with E-state index in [4.69, 9.17) is 2.74 Å². The first kappa shape index (κ1) is 14.9. The van der Waals surface area contributed by atoms with Crippen molar-refractivity contribution in [3.8, 4) is 0 Å². The summed E-state index contributed by atoms with van der Waals surface area (Å²) in [6.07, 6.45) is -0.525. The number of allylic oxidation sites excluding steroid dienone is 1. The van der Waals surface area contributed by atoms with Crippen LogP contribution in [0, 0.1) is 28.6 Å². The van der Waals surface area contributed by atoms with Gasteiger partial charge in [0.25, 0.3) is 0 Å². The van der Waals surface area contributed by atoms with Crippen molar-refractivity contribution >= 4 is 11.6 Å². The Bertz CT molecular complexity index is 812. The summed E-state index contributed by atoms with van der Waals surface area (Å²) in [5, 5.41) is 32.1. The number of ketones is 2. The summed E-state index contributed by atoms with van der Waals surface area (Å²) < 4.78 is 27.2. The largest absolute Gasteiger partial charge is 0.393 e. The molecule has 0 aliphatic heterocycles. The molecule has 0 amide bonds. The van der Waals surface area contributed by atoms with Gasteiger partial charge in [-0.05, 0) is 67.7 Å². The molecule has 7 atom stereocenters. The molecular weight excluding hydrogens is 332 g/mol. The number of aliphatic hydroxyl groups is 3. The summed E-state index contributed by atoms with van der Waals surface area (Å²) in [4.78, 5) is 24.5. The summed E-state index contributed by atoms with van der Waals surface area (Å²) in [7, 11) is 0. The van der Waals surface area contributed by atoms with E-state index in [0.29, 0.717) is 25.7 Å². The summed E-state index contributed by atoms with van der Waals surface area (Å²) in [6, 6.07) is 0. The van der Waals surface area contributed by atoms with Crippen LogP contribution in [-0.4, -0.2) is 45.2 Å². The predicted molar refractivity (Wildman–Crippen MR) is 95.1 cm³/mol. The minimum atomic E-state index is -2.43. The number of Topliss-reactive ketones (excluding diaryl/α,β-unsaturated/α-hetero) is 1. The highest BCUT2D eigenvalue weighted by molar-refractivity contribution is 5.91. The van der Waals surface area contributed by atoms with Crippen molar-refractivity contribution in [2.45, 2.75) is 70.5 Å². The van der Waals surface area contributed by atoms with E-state index in [2.05, 4.69) is 0 Å². The van der Waals surface area contributed by atoms with Gasteiger partial charge in [-0.2, -0.15) is 0 Å². The fourth-order valence-electron chi connectivity index (χ4n) is 6.41. The summed E-state index contributed by atoms with van der Waals surface area (Å²) in [5.74, 6) is -3.32. The van der Waals surface area contributed by atoms with Crippen LogP contribution in [0.25, 0.3) is 0 Å². The van der Waals surface area contributed by atoms with Crippen molar-refractivity contribution in [2.24, 2.45) is 28.6 Å². The van der Waals surface area contributed by atoms with Gasteiger partial charge in [0.15, 0.2) is 11.6 Å². The zero-order valence-electron chi connectivity index (χ0n) is 18.4. The third kappa shape index (κ3) is 2.14. The van der Waals surface area contributed by atoms with Crippen LogP contribution < -0.4 is 0 Å². The lowest BCUT2D eigenvalue weighted by atomic mass is 9.45. The van der Waals surface area contributed by atoms with Crippen LogP contribution in [0.1, 0.15) is 62.9 Å². The van der Waals surface area contributed by atoms with Gasteiger partial charge in [-0.15, -0.1) is 0 Å². The molecule has 4 aliphatic rings. The van der Waals surface area contributed by atoms with Gasteiger partial charge in [-0.3, -0.25) is 9.59 Å². The number of carbonyl (C=O) groups is 2. The van der Waals surface area contributed by atoms with E-state index < -0.39 is 59.0 Å². The number of aliphatic hydroxyl groups excluding tert-OH is 2. The number of hydrogen-bond acceptors (Lipinski definition) is 5. The lowest BCUT2D eigenvalue weighted by molar-refractivity contribution is -0.182. The van der Waals surface area contributed by atoms with Crippen molar-refractivity contribution in [3.63, 3.8) is 0 Å². The molecule has 0 radical (unpaired) electrons. The molecule has 0 saturated heterocycles. The number of hydrogen-bond donors (Lipinski definition) is 3. The molecule has 0 bridgehead atoms. The molecule has 4 unspecified atom stereocenters. The Labute approximate surface area is 158 Å². The van der Waals surface area contributed by atoms with E-state index in [1.54, 1.807) is 6.08 Å². The lowest BCUT2D eigenvalue weighted by Crippen LogP contribution is -2.62. The Morgan fingerprint density at radius 2 is 2.08 bits per heavy atom. The Morgan fingerprint density at radius 1 is 1.35 bits per heavy atom. The second-order valence-electron chi connectivity index (χ2n) is 8.90. The minimum absolute atomic E-state index is 0.00135. The molecule has 144 valence electrons. The SMILES string of the molecule is [2H]C1([2H])[C@H](O)[C@@]2([2H])C(CCC3=CC(=O)CCC32C)C2CC[C@](O)(C(=O)CO)C21C. The third-order valence-corrected chi connectivity index (χ3v) is 7.92. The Kier molecular flexibility index (Phi) is 3.29. The monoisotopic (exact) mass is 365 g/mol. The van der Waals surface area contributed by atoms with Crippen molar-refractivity contribution < 1.29 is 29.0 Å². The molecule has 5 heteroatoms. The van der Waals surface area contributed by atoms with Crippen LogP contribution in [0.5, 0.6) is 0 Å². The molecule has 0 spiro atoms. The number of carbonyl (C=O) groups excluding carboxylic acids is 2. The molecular formula is C21H30O5. The smallest absolute Gasteiger partial charge is 0.190 e. The number of rotatable bonds is 2. The van der Waals surface area contributed by atoms with Crippen LogP contribution >= 0.6 is 0 Å². The molecule has 26 heavy (non-hydrogen) atoms. The highest BCUT2D eigenvalue weighted by Crippen LogP contribution is 2.67. The average Bonchev–Trinajstić information content (AvgIpc) is 2.95. The Hall–Kier alpha value is -1.04. The van der Waals surface area contributed by atoms with E-state index in [-0.39, 0.29) is 18.6 Å². The van der Waals surface area contributed by atoms with Crippen LogP contribution in [-0.2, 0) is 9.59 Å². The van der Waals surface area contributed by atoms with Crippen LogP contribution in [0.3, 0.4) is 0 Å². The molecule has 0 aromatic carbocycles. The first-order chi connectivity index (χ1) is 13.3. The highest BCUT2D eigenvalue weighted by atomic mass is 16.3. The third-order valence-electron chi connectivity index (χ3n) is 7.92. The maximum atomic E-state index is 12.5. The molecule has 3 fully saturated rings. The van der Waals surface area contributed by atoms with Crippen molar-refractivity contribution in [2.75, 3.05) is 6.61 Å². The standard InChI is InChI=1S/C21H30O5/c1-19-7-5-13(23)9-12(19)3-4-14-15-6-8-21(26,17(25)11-22)20(15,2)10-16(24)18(14)19/h9,14-16,18,22,24,26H,3-8,10-11H2,1-2H3/t14?,15?,16-,18+,19?,20?,21-/m0/s1/i10D2,18D. The minimum Gasteiger partial charge on any atom is -0.393 e. The molecule has 0 heterocycles. The fraction of sp³-hybridized carbons (Fsp3) is 0.810. The molecule has 3 N–H and O–H groups in total. The van der Waals surface area contributed by atoms with Gasteiger partial charge in [-0.1, -0.05) is 19.4 Å². The second-order valence-corrected chi connectivity index (χ2v) is 8.90. The van der Waals surface area contributed by atoms with Crippen molar-refractivity contribution in [3.05, 3.63) is 11.6 Å². The molecule has 0 aromatic heterocycles.